The lowest BCUT2D eigenvalue weighted by atomic mass is 9.97. The van der Waals surface area contributed by atoms with Crippen molar-refractivity contribution in [1.82, 2.24) is 4.90 Å². The summed E-state index contributed by atoms with van der Waals surface area (Å²) < 4.78 is 51.6. The van der Waals surface area contributed by atoms with Gasteiger partial charge in [0.15, 0.2) is 0 Å². The molecule has 4 atom stereocenters. The third-order valence-electron chi connectivity index (χ3n) is 6.77. The van der Waals surface area contributed by atoms with E-state index in [1.165, 1.54) is 17.8 Å². The summed E-state index contributed by atoms with van der Waals surface area (Å²) in [6.45, 7) is 4.11. The topological polar surface area (TPSA) is 45.2 Å². The van der Waals surface area contributed by atoms with Gasteiger partial charge in [-0.25, -0.2) is 0 Å². The van der Waals surface area contributed by atoms with Gasteiger partial charge in [-0.05, 0) is 63.7 Å². The van der Waals surface area contributed by atoms with E-state index < -0.39 is 17.8 Å². The van der Waals surface area contributed by atoms with Crippen LogP contribution in [-0.2, 0) is 15.7 Å². The van der Waals surface area contributed by atoms with Crippen molar-refractivity contribution in [3.63, 3.8) is 0 Å². The molecule has 192 valence electrons. The van der Waals surface area contributed by atoms with Crippen LogP contribution in [-0.4, -0.2) is 68.2 Å². The monoisotopic (exact) mass is 510 g/mol. The molecule has 0 bridgehead atoms. The lowest BCUT2D eigenvalue weighted by molar-refractivity contribution is -0.172. The summed E-state index contributed by atoms with van der Waals surface area (Å²) in [5, 5.41) is 10.1. The zero-order chi connectivity index (χ0) is 25.2. The van der Waals surface area contributed by atoms with Crippen molar-refractivity contribution in [2.75, 3.05) is 38.7 Å². The highest BCUT2D eigenvalue weighted by atomic mass is 32.2. The number of hydrogen-bond donors (Lipinski definition) is 1. The number of fused-ring (bicyclic) bond motifs is 2. The van der Waals surface area contributed by atoms with Gasteiger partial charge in [0.1, 0.15) is 6.10 Å². The second-order valence-electron chi connectivity index (χ2n) is 9.31. The van der Waals surface area contributed by atoms with Gasteiger partial charge in [-0.3, -0.25) is 0 Å². The number of rotatable bonds is 8. The molecule has 0 amide bonds. The first-order valence-electron chi connectivity index (χ1n) is 12.0. The Morgan fingerprint density at radius 3 is 2.63 bits per heavy atom. The molecule has 5 nitrogen and oxygen atoms in total. The van der Waals surface area contributed by atoms with Crippen molar-refractivity contribution in [1.29, 1.82) is 0 Å². The molecule has 0 aliphatic carbocycles. The quantitative estimate of drug-likeness (QED) is 0.501. The van der Waals surface area contributed by atoms with E-state index >= 15 is 0 Å². The molecule has 0 aromatic heterocycles. The Hall–Kier alpha value is -1.78. The average Bonchev–Trinajstić information content (AvgIpc) is 2.83. The van der Waals surface area contributed by atoms with Crippen LogP contribution in [0.25, 0.3) is 0 Å². The summed E-state index contributed by atoms with van der Waals surface area (Å²) in [6.07, 6.45) is -3.15. The van der Waals surface area contributed by atoms with Gasteiger partial charge in [0.25, 0.3) is 0 Å². The maximum Gasteiger partial charge on any atom is 0.416 e. The molecule has 2 aromatic carbocycles. The van der Waals surface area contributed by atoms with Crippen LogP contribution in [0.3, 0.4) is 0 Å². The van der Waals surface area contributed by atoms with Gasteiger partial charge >= 0.3 is 6.18 Å². The molecule has 2 aliphatic rings. The number of hydrogen-bond acceptors (Lipinski definition) is 6. The molecule has 1 fully saturated rings. The Kier molecular flexibility index (Phi) is 8.33. The number of benzene rings is 2. The summed E-state index contributed by atoms with van der Waals surface area (Å²) in [7, 11) is 3.66. The summed E-state index contributed by atoms with van der Waals surface area (Å²) in [4.78, 5) is 6.12. The van der Waals surface area contributed by atoms with Crippen LogP contribution >= 0.6 is 11.8 Å². The Bertz CT molecular complexity index is 1010. The largest absolute Gasteiger partial charge is 0.416 e. The number of methoxy groups -OCH3 is 1. The van der Waals surface area contributed by atoms with Crippen LogP contribution in [0.5, 0.6) is 0 Å². The minimum absolute atomic E-state index is 0.0273. The summed E-state index contributed by atoms with van der Waals surface area (Å²) in [6, 6.07) is 11.9. The minimum Gasteiger partial charge on any atom is -0.388 e. The Morgan fingerprint density at radius 1 is 1.14 bits per heavy atom. The molecule has 0 unspecified atom stereocenters. The lowest BCUT2D eigenvalue weighted by Gasteiger charge is -2.38. The van der Waals surface area contributed by atoms with E-state index in [0.717, 1.165) is 47.5 Å². The van der Waals surface area contributed by atoms with Crippen molar-refractivity contribution in [3.05, 3.63) is 48.0 Å². The zero-order valence-electron chi connectivity index (χ0n) is 20.3. The fourth-order valence-electron chi connectivity index (χ4n) is 4.78. The standard InChI is InChI=1S/C26H33F3N2O3S/c1-17-25(32)22(33-3)16-19(34-17)11-14-30(2)12-6-13-31-20-7-4-5-8-23(20)35-24-10-9-18(15-21(24)31)26(27,28)29/h4-5,7-10,15,17,19,22,25,32H,6,11-14,16H2,1-3H3/t17-,19-,22-,25-/m1/s1. The lowest BCUT2D eigenvalue weighted by Crippen LogP contribution is -2.48. The molecule has 9 heteroatoms. The summed E-state index contributed by atoms with van der Waals surface area (Å²) in [5.41, 5.74) is 0.931. The normalized spacial score (nSPS) is 24.4. The van der Waals surface area contributed by atoms with E-state index in [1.54, 1.807) is 13.2 Å². The molecule has 0 spiro atoms. The van der Waals surface area contributed by atoms with E-state index in [-0.39, 0.29) is 18.3 Å². The van der Waals surface area contributed by atoms with Gasteiger partial charge in [-0.1, -0.05) is 23.9 Å². The second-order valence-corrected chi connectivity index (χ2v) is 10.4. The SMILES string of the molecule is CO[C@@H]1C[C@@H](CCN(C)CCCN2c3ccccc3Sc3ccc(C(F)(F)F)cc32)O[C@H](C)[C@H]1O. The molecule has 1 N–H and O–H groups in total. The predicted molar refractivity (Wildman–Crippen MR) is 132 cm³/mol. The van der Waals surface area contributed by atoms with Crippen molar-refractivity contribution in [2.45, 2.75) is 66.6 Å². The van der Waals surface area contributed by atoms with Crippen LogP contribution in [0.15, 0.2) is 52.3 Å². The fraction of sp³-hybridized carbons (Fsp3) is 0.538. The van der Waals surface area contributed by atoms with E-state index in [1.807, 2.05) is 43.1 Å². The highest BCUT2D eigenvalue weighted by molar-refractivity contribution is 7.99. The van der Waals surface area contributed by atoms with Gasteiger partial charge in [0.05, 0.1) is 35.3 Å². The van der Waals surface area contributed by atoms with Crippen LogP contribution in [0, 0.1) is 0 Å². The molecule has 1 saturated heterocycles. The molecule has 2 aromatic rings. The van der Waals surface area contributed by atoms with E-state index in [9.17, 15) is 18.3 Å². The van der Waals surface area contributed by atoms with Crippen molar-refractivity contribution < 1.29 is 27.8 Å². The van der Waals surface area contributed by atoms with E-state index in [2.05, 4.69) is 4.90 Å². The first-order valence-corrected chi connectivity index (χ1v) is 12.8. The minimum atomic E-state index is -4.38. The van der Waals surface area contributed by atoms with Crippen molar-refractivity contribution in [3.8, 4) is 0 Å². The third kappa shape index (κ3) is 6.14. The van der Waals surface area contributed by atoms with Gasteiger partial charge in [-0.15, -0.1) is 0 Å². The molecule has 35 heavy (non-hydrogen) atoms. The number of para-hydroxylation sites is 1. The first kappa shape index (κ1) is 26.3. The van der Waals surface area contributed by atoms with Crippen LogP contribution in [0.2, 0.25) is 0 Å². The number of aliphatic hydroxyl groups excluding tert-OH is 1. The van der Waals surface area contributed by atoms with Gasteiger partial charge in [-0.2, -0.15) is 13.2 Å². The Morgan fingerprint density at radius 2 is 1.89 bits per heavy atom. The number of alkyl halides is 3. The molecule has 2 heterocycles. The van der Waals surface area contributed by atoms with Crippen molar-refractivity contribution >= 4 is 23.1 Å². The highest BCUT2D eigenvalue weighted by Crippen LogP contribution is 2.49. The molecule has 2 aliphatic heterocycles. The molecule has 0 radical (unpaired) electrons. The molecule has 4 rings (SSSR count). The van der Waals surface area contributed by atoms with Crippen LogP contribution in [0.1, 0.15) is 31.7 Å². The number of aliphatic hydroxyl groups is 1. The fourth-order valence-corrected chi connectivity index (χ4v) is 5.86. The summed E-state index contributed by atoms with van der Waals surface area (Å²) in [5.74, 6) is 0. The second kappa shape index (κ2) is 11.1. The zero-order valence-corrected chi connectivity index (χ0v) is 21.1. The number of nitrogens with zero attached hydrogens (tertiary/aromatic N) is 2. The molecule has 0 saturated carbocycles. The van der Waals surface area contributed by atoms with Crippen LogP contribution < -0.4 is 4.90 Å². The van der Waals surface area contributed by atoms with Gasteiger partial charge < -0.3 is 24.4 Å². The molecular formula is C26H33F3N2O3S. The van der Waals surface area contributed by atoms with Gasteiger partial charge in [0, 0.05) is 36.4 Å². The first-order chi connectivity index (χ1) is 16.7. The smallest absolute Gasteiger partial charge is 0.388 e. The number of ether oxygens (including phenoxy) is 2. The van der Waals surface area contributed by atoms with E-state index in [0.29, 0.717) is 18.7 Å². The van der Waals surface area contributed by atoms with Gasteiger partial charge in [0.2, 0.25) is 0 Å². The van der Waals surface area contributed by atoms with Crippen LogP contribution in [0.4, 0.5) is 24.5 Å². The van der Waals surface area contributed by atoms with E-state index in [4.69, 9.17) is 9.47 Å². The average molecular weight is 511 g/mol. The predicted octanol–water partition coefficient (Wildman–Crippen LogP) is 5.57. The molecular weight excluding hydrogens is 477 g/mol. The number of anilines is 2. The maximum absolute atomic E-state index is 13.4. The Balaban J connectivity index is 1.37. The summed E-state index contributed by atoms with van der Waals surface area (Å²) >= 11 is 1.51. The maximum atomic E-state index is 13.4. The third-order valence-corrected chi connectivity index (χ3v) is 7.90. The number of halogens is 3. The van der Waals surface area contributed by atoms with Crippen molar-refractivity contribution in [2.24, 2.45) is 0 Å². The highest BCUT2D eigenvalue weighted by Gasteiger charge is 2.35. The Labute approximate surface area is 209 Å².